The Morgan fingerprint density at radius 1 is 1.39 bits per heavy atom. The molecule has 0 aromatic heterocycles. The maximum absolute atomic E-state index is 11.4. The van der Waals surface area contributed by atoms with Gasteiger partial charge in [-0.15, -0.1) is 12.4 Å². The maximum Gasteiger partial charge on any atom is 0.233 e. The number of hydrogen-bond acceptors (Lipinski definition) is 3. The predicted molar refractivity (Wildman–Crippen MR) is 76.1 cm³/mol. The van der Waals surface area contributed by atoms with Gasteiger partial charge in [-0.1, -0.05) is 13.8 Å². The Labute approximate surface area is 117 Å². The van der Waals surface area contributed by atoms with Crippen LogP contribution in [0.1, 0.15) is 33.1 Å². The number of carbonyl (C=O) groups is 1. The van der Waals surface area contributed by atoms with Crippen molar-refractivity contribution >= 4 is 18.3 Å². The van der Waals surface area contributed by atoms with Gasteiger partial charge in [0.15, 0.2) is 0 Å². The second kappa shape index (κ2) is 10.6. The van der Waals surface area contributed by atoms with Gasteiger partial charge >= 0.3 is 0 Å². The summed E-state index contributed by atoms with van der Waals surface area (Å²) >= 11 is 0. The van der Waals surface area contributed by atoms with Crippen molar-refractivity contribution in [3.63, 3.8) is 0 Å². The van der Waals surface area contributed by atoms with Gasteiger partial charge in [-0.3, -0.25) is 4.79 Å². The first kappa shape index (κ1) is 17.7. The van der Waals surface area contributed by atoms with Crippen molar-refractivity contribution in [2.75, 3.05) is 32.8 Å². The molecule has 5 heteroatoms. The molecule has 0 aromatic rings. The molecular weight excluding hydrogens is 252 g/mol. The lowest BCUT2D eigenvalue weighted by atomic mass is 10.2. The standard InChI is InChI=1S/C13H26N2O2.ClH/c1-11(2)10-17-7-3-6-15-13(16)9-14-8-12-4-5-12;/h11-12,14H,3-10H2,1-2H3,(H,15,16);1H. The minimum atomic E-state index is 0. The van der Waals surface area contributed by atoms with Crippen LogP contribution in [0.4, 0.5) is 0 Å². The van der Waals surface area contributed by atoms with E-state index < -0.39 is 0 Å². The third-order valence-electron chi connectivity index (χ3n) is 2.65. The van der Waals surface area contributed by atoms with Gasteiger partial charge in [-0.25, -0.2) is 0 Å². The normalized spacial score (nSPS) is 14.4. The van der Waals surface area contributed by atoms with Crippen molar-refractivity contribution in [3.05, 3.63) is 0 Å². The van der Waals surface area contributed by atoms with Crippen LogP contribution in [0.2, 0.25) is 0 Å². The Morgan fingerprint density at radius 3 is 2.72 bits per heavy atom. The molecule has 0 atom stereocenters. The average Bonchev–Trinajstić information content (AvgIpc) is 3.06. The Bertz CT molecular complexity index is 221. The largest absolute Gasteiger partial charge is 0.381 e. The molecule has 0 aliphatic heterocycles. The topological polar surface area (TPSA) is 50.4 Å². The number of amides is 1. The molecule has 0 saturated heterocycles. The number of rotatable bonds is 10. The first-order chi connectivity index (χ1) is 8.18. The van der Waals surface area contributed by atoms with Crippen LogP contribution in [0.15, 0.2) is 0 Å². The van der Waals surface area contributed by atoms with Crippen LogP contribution in [-0.2, 0) is 9.53 Å². The number of nitrogens with one attached hydrogen (secondary N) is 2. The Hall–Kier alpha value is -0.320. The van der Waals surface area contributed by atoms with Crippen LogP contribution in [0, 0.1) is 11.8 Å². The lowest BCUT2D eigenvalue weighted by Gasteiger charge is -2.08. The fourth-order valence-corrected chi connectivity index (χ4v) is 1.50. The Morgan fingerprint density at radius 2 is 2.11 bits per heavy atom. The maximum atomic E-state index is 11.4. The minimum absolute atomic E-state index is 0. The molecule has 0 bridgehead atoms. The monoisotopic (exact) mass is 278 g/mol. The molecular formula is C13H27ClN2O2. The zero-order valence-electron chi connectivity index (χ0n) is 11.5. The Balaban J connectivity index is 0.00000289. The molecule has 1 aliphatic rings. The molecule has 4 nitrogen and oxygen atoms in total. The summed E-state index contributed by atoms with van der Waals surface area (Å²) in [5.74, 6) is 1.50. The van der Waals surface area contributed by atoms with E-state index in [1.54, 1.807) is 0 Å². The first-order valence-electron chi connectivity index (χ1n) is 6.73. The molecule has 0 radical (unpaired) electrons. The van der Waals surface area contributed by atoms with E-state index in [9.17, 15) is 4.79 Å². The summed E-state index contributed by atoms with van der Waals surface area (Å²) in [7, 11) is 0. The molecule has 1 saturated carbocycles. The van der Waals surface area contributed by atoms with E-state index in [1.165, 1.54) is 12.8 Å². The summed E-state index contributed by atoms with van der Waals surface area (Å²) in [6, 6.07) is 0. The molecule has 0 aromatic carbocycles. The smallest absolute Gasteiger partial charge is 0.233 e. The van der Waals surface area contributed by atoms with E-state index in [4.69, 9.17) is 4.74 Å². The van der Waals surface area contributed by atoms with Crippen LogP contribution < -0.4 is 10.6 Å². The number of carbonyl (C=O) groups excluding carboxylic acids is 1. The number of hydrogen-bond donors (Lipinski definition) is 2. The summed E-state index contributed by atoms with van der Waals surface area (Å²) in [4.78, 5) is 11.4. The van der Waals surface area contributed by atoms with E-state index in [1.807, 2.05) is 0 Å². The molecule has 1 rings (SSSR count). The van der Waals surface area contributed by atoms with Gasteiger partial charge in [0.1, 0.15) is 0 Å². The highest BCUT2D eigenvalue weighted by Gasteiger charge is 2.20. The molecule has 2 N–H and O–H groups in total. The molecule has 1 fully saturated rings. The molecule has 0 unspecified atom stereocenters. The number of halogens is 1. The number of ether oxygens (including phenoxy) is 1. The molecule has 0 heterocycles. The molecule has 0 spiro atoms. The second-order valence-electron chi connectivity index (χ2n) is 5.25. The highest BCUT2D eigenvalue weighted by atomic mass is 35.5. The predicted octanol–water partition coefficient (Wildman–Crippen LogP) is 1.59. The highest BCUT2D eigenvalue weighted by Crippen LogP contribution is 2.27. The third kappa shape index (κ3) is 10.8. The zero-order valence-corrected chi connectivity index (χ0v) is 12.4. The van der Waals surface area contributed by atoms with Crippen molar-refractivity contribution in [3.8, 4) is 0 Å². The van der Waals surface area contributed by atoms with Crippen LogP contribution in [0.5, 0.6) is 0 Å². The van der Waals surface area contributed by atoms with Crippen molar-refractivity contribution in [1.29, 1.82) is 0 Å². The minimum Gasteiger partial charge on any atom is -0.381 e. The van der Waals surface area contributed by atoms with Crippen molar-refractivity contribution < 1.29 is 9.53 Å². The van der Waals surface area contributed by atoms with E-state index in [0.29, 0.717) is 19.0 Å². The quantitative estimate of drug-likeness (QED) is 0.597. The van der Waals surface area contributed by atoms with Gasteiger partial charge in [0.05, 0.1) is 6.54 Å². The van der Waals surface area contributed by atoms with E-state index >= 15 is 0 Å². The van der Waals surface area contributed by atoms with Gasteiger partial charge in [-0.2, -0.15) is 0 Å². The van der Waals surface area contributed by atoms with E-state index in [-0.39, 0.29) is 18.3 Å². The fraction of sp³-hybridized carbons (Fsp3) is 0.923. The van der Waals surface area contributed by atoms with Gasteiger partial charge in [0.25, 0.3) is 0 Å². The van der Waals surface area contributed by atoms with Crippen LogP contribution >= 0.6 is 12.4 Å². The van der Waals surface area contributed by atoms with Crippen molar-refractivity contribution in [2.45, 2.75) is 33.1 Å². The SMILES string of the molecule is CC(C)COCCCNC(=O)CNCC1CC1.Cl. The second-order valence-corrected chi connectivity index (χ2v) is 5.25. The fourth-order valence-electron chi connectivity index (χ4n) is 1.50. The first-order valence-corrected chi connectivity index (χ1v) is 6.73. The van der Waals surface area contributed by atoms with Gasteiger partial charge < -0.3 is 15.4 Å². The summed E-state index contributed by atoms with van der Waals surface area (Å²) in [5.41, 5.74) is 0. The average molecular weight is 279 g/mol. The van der Waals surface area contributed by atoms with E-state index in [2.05, 4.69) is 24.5 Å². The summed E-state index contributed by atoms with van der Waals surface area (Å²) in [6.07, 6.45) is 3.53. The van der Waals surface area contributed by atoms with Crippen LogP contribution in [0.3, 0.4) is 0 Å². The van der Waals surface area contributed by atoms with Gasteiger partial charge in [-0.05, 0) is 37.6 Å². The molecule has 1 amide bonds. The highest BCUT2D eigenvalue weighted by molar-refractivity contribution is 5.85. The summed E-state index contributed by atoms with van der Waals surface area (Å²) in [6.45, 7) is 7.95. The molecule has 1 aliphatic carbocycles. The molecule has 108 valence electrons. The van der Waals surface area contributed by atoms with Crippen molar-refractivity contribution in [1.82, 2.24) is 10.6 Å². The lowest BCUT2D eigenvalue weighted by molar-refractivity contribution is -0.120. The molecule has 18 heavy (non-hydrogen) atoms. The summed E-state index contributed by atoms with van der Waals surface area (Å²) < 4.78 is 5.43. The van der Waals surface area contributed by atoms with Crippen LogP contribution in [0.25, 0.3) is 0 Å². The lowest BCUT2D eigenvalue weighted by Crippen LogP contribution is -2.35. The van der Waals surface area contributed by atoms with Crippen molar-refractivity contribution in [2.24, 2.45) is 11.8 Å². The Kier molecular flexibility index (Phi) is 10.4. The van der Waals surface area contributed by atoms with Crippen LogP contribution in [-0.4, -0.2) is 38.8 Å². The zero-order chi connectivity index (χ0) is 12.5. The van der Waals surface area contributed by atoms with Gasteiger partial charge in [0.2, 0.25) is 5.91 Å². The van der Waals surface area contributed by atoms with Gasteiger partial charge in [0, 0.05) is 19.8 Å². The third-order valence-corrected chi connectivity index (χ3v) is 2.65. The summed E-state index contributed by atoms with van der Waals surface area (Å²) in [5, 5.41) is 6.05. The van der Waals surface area contributed by atoms with E-state index in [0.717, 1.165) is 32.1 Å².